The minimum Gasteiger partial charge on any atom is -0.493 e. The molecular weight excluding hydrogens is 380 g/mol. The minimum atomic E-state index is -3.29. The zero-order valence-electron chi connectivity index (χ0n) is 16.7. The van der Waals surface area contributed by atoms with Gasteiger partial charge in [-0.3, -0.25) is 0 Å². The Balaban J connectivity index is 2.00. The van der Waals surface area contributed by atoms with Crippen LogP contribution in [0.15, 0.2) is 36.4 Å². The molecule has 0 amide bonds. The SMILES string of the molecule is COc1cc2nc(C)nc(N[C@H](C)c3cccc(C(F)(F)CO)c3)c2cc1OC. The van der Waals surface area contributed by atoms with Crippen LogP contribution in [0.1, 0.15) is 29.9 Å². The van der Waals surface area contributed by atoms with Crippen LogP contribution in [-0.4, -0.2) is 35.9 Å². The van der Waals surface area contributed by atoms with Crippen molar-refractivity contribution in [3.8, 4) is 11.5 Å². The highest BCUT2D eigenvalue weighted by molar-refractivity contribution is 5.92. The number of aliphatic hydroxyl groups excluding tert-OH is 1. The van der Waals surface area contributed by atoms with Crippen molar-refractivity contribution >= 4 is 16.7 Å². The fourth-order valence-electron chi connectivity index (χ4n) is 3.10. The van der Waals surface area contributed by atoms with Crippen molar-refractivity contribution in [2.75, 3.05) is 26.1 Å². The van der Waals surface area contributed by atoms with Crippen molar-refractivity contribution in [1.82, 2.24) is 9.97 Å². The molecule has 0 aliphatic carbocycles. The lowest BCUT2D eigenvalue weighted by Crippen LogP contribution is -2.19. The average Bonchev–Trinajstić information content (AvgIpc) is 2.72. The van der Waals surface area contributed by atoms with Gasteiger partial charge in [-0.2, -0.15) is 8.78 Å². The summed E-state index contributed by atoms with van der Waals surface area (Å²) in [5, 5.41) is 12.9. The number of ether oxygens (including phenoxy) is 2. The number of rotatable bonds is 7. The molecule has 0 unspecified atom stereocenters. The molecule has 2 aromatic carbocycles. The van der Waals surface area contributed by atoms with Gasteiger partial charge in [0.15, 0.2) is 11.5 Å². The van der Waals surface area contributed by atoms with Gasteiger partial charge in [0.1, 0.15) is 18.2 Å². The minimum absolute atomic E-state index is 0.235. The van der Waals surface area contributed by atoms with E-state index in [0.29, 0.717) is 34.2 Å². The van der Waals surface area contributed by atoms with Crippen molar-refractivity contribution < 1.29 is 23.4 Å². The van der Waals surface area contributed by atoms with Crippen molar-refractivity contribution in [1.29, 1.82) is 0 Å². The third kappa shape index (κ3) is 4.22. The molecule has 6 nitrogen and oxygen atoms in total. The molecular formula is C21H23F2N3O3. The Labute approximate surface area is 167 Å². The summed E-state index contributed by atoms with van der Waals surface area (Å²) in [7, 11) is 3.09. The molecule has 0 aliphatic rings. The number of aliphatic hydroxyl groups is 1. The molecule has 29 heavy (non-hydrogen) atoms. The quantitative estimate of drug-likeness (QED) is 0.615. The number of alkyl halides is 2. The van der Waals surface area contributed by atoms with Crippen molar-refractivity contribution in [3.05, 3.63) is 53.3 Å². The number of hydrogen-bond acceptors (Lipinski definition) is 6. The Bertz CT molecular complexity index is 1030. The molecule has 2 N–H and O–H groups in total. The molecule has 154 valence electrons. The fourth-order valence-corrected chi connectivity index (χ4v) is 3.10. The molecule has 0 spiro atoms. The van der Waals surface area contributed by atoms with E-state index < -0.39 is 12.5 Å². The van der Waals surface area contributed by atoms with Crippen LogP contribution in [0.4, 0.5) is 14.6 Å². The number of hydrogen-bond donors (Lipinski definition) is 2. The highest BCUT2D eigenvalue weighted by Gasteiger charge is 2.30. The van der Waals surface area contributed by atoms with Crippen LogP contribution in [0, 0.1) is 6.92 Å². The summed E-state index contributed by atoms with van der Waals surface area (Å²) in [5.41, 5.74) is 1.08. The summed E-state index contributed by atoms with van der Waals surface area (Å²) >= 11 is 0. The fraction of sp³-hybridized carbons (Fsp3) is 0.333. The van der Waals surface area contributed by atoms with Crippen LogP contribution in [0.5, 0.6) is 11.5 Å². The van der Waals surface area contributed by atoms with E-state index in [-0.39, 0.29) is 11.6 Å². The Morgan fingerprint density at radius 1 is 1.10 bits per heavy atom. The number of methoxy groups -OCH3 is 2. The molecule has 1 atom stereocenters. The predicted molar refractivity (Wildman–Crippen MR) is 107 cm³/mol. The van der Waals surface area contributed by atoms with E-state index in [2.05, 4.69) is 15.3 Å². The zero-order valence-corrected chi connectivity index (χ0v) is 16.7. The largest absolute Gasteiger partial charge is 0.493 e. The van der Waals surface area contributed by atoms with E-state index in [1.165, 1.54) is 12.1 Å². The van der Waals surface area contributed by atoms with E-state index in [1.54, 1.807) is 45.4 Å². The van der Waals surface area contributed by atoms with Gasteiger partial charge in [-0.25, -0.2) is 9.97 Å². The Morgan fingerprint density at radius 3 is 2.45 bits per heavy atom. The summed E-state index contributed by atoms with van der Waals surface area (Å²) in [6.07, 6.45) is 0. The van der Waals surface area contributed by atoms with E-state index in [1.807, 2.05) is 6.92 Å². The van der Waals surface area contributed by atoms with Gasteiger partial charge in [0.2, 0.25) is 0 Å². The predicted octanol–water partition coefficient (Wildman–Crippen LogP) is 4.21. The van der Waals surface area contributed by atoms with E-state index >= 15 is 0 Å². The highest BCUT2D eigenvalue weighted by atomic mass is 19.3. The average molecular weight is 403 g/mol. The second-order valence-electron chi connectivity index (χ2n) is 6.70. The Kier molecular flexibility index (Phi) is 5.83. The molecule has 0 saturated carbocycles. The number of halogens is 2. The molecule has 1 heterocycles. The van der Waals surface area contributed by atoms with Gasteiger partial charge in [0, 0.05) is 23.1 Å². The monoisotopic (exact) mass is 403 g/mol. The smallest absolute Gasteiger partial charge is 0.295 e. The maximum absolute atomic E-state index is 13.9. The van der Waals surface area contributed by atoms with E-state index in [0.717, 1.165) is 5.39 Å². The zero-order chi connectivity index (χ0) is 21.2. The van der Waals surface area contributed by atoms with Crippen LogP contribution in [0.2, 0.25) is 0 Å². The molecule has 0 saturated heterocycles. The summed E-state index contributed by atoms with van der Waals surface area (Å²) in [6.45, 7) is 2.38. The molecule has 1 aromatic heterocycles. The van der Waals surface area contributed by atoms with Crippen molar-refractivity contribution in [2.24, 2.45) is 0 Å². The first-order chi connectivity index (χ1) is 13.8. The van der Waals surface area contributed by atoms with E-state index in [9.17, 15) is 8.78 Å². The van der Waals surface area contributed by atoms with Crippen molar-refractivity contribution in [3.63, 3.8) is 0 Å². The third-order valence-electron chi connectivity index (χ3n) is 4.67. The summed E-state index contributed by atoms with van der Waals surface area (Å²) in [4.78, 5) is 8.92. The molecule has 8 heteroatoms. The van der Waals surface area contributed by atoms with Gasteiger partial charge in [0.25, 0.3) is 5.92 Å². The first kappa shape index (κ1) is 20.7. The number of nitrogens with zero attached hydrogens (tertiary/aromatic N) is 2. The summed E-state index contributed by atoms with van der Waals surface area (Å²) < 4.78 is 38.4. The number of nitrogens with one attached hydrogen (secondary N) is 1. The molecule has 3 rings (SSSR count). The maximum Gasteiger partial charge on any atom is 0.295 e. The van der Waals surface area contributed by atoms with Crippen LogP contribution in [0.3, 0.4) is 0 Å². The molecule has 3 aromatic rings. The van der Waals surface area contributed by atoms with Gasteiger partial charge in [-0.1, -0.05) is 18.2 Å². The first-order valence-corrected chi connectivity index (χ1v) is 9.05. The molecule has 0 fully saturated rings. The molecule has 0 bridgehead atoms. The maximum atomic E-state index is 13.9. The van der Waals surface area contributed by atoms with Gasteiger partial charge in [0.05, 0.1) is 19.7 Å². The summed E-state index contributed by atoms with van der Waals surface area (Å²) in [5.74, 6) is -1.10. The highest BCUT2D eigenvalue weighted by Crippen LogP contribution is 2.35. The topological polar surface area (TPSA) is 76.5 Å². The summed E-state index contributed by atoms with van der Waals surface area (Å²) in [6, 6.07) is 9.19. The second-order valence-corrected chi connectivity index (χ2v) is 6.70. The lowest BCUT2D eigenvalue weighted by atomic mass is 10.0. The van der Waals surface area contributed by atoms with Gasteiger partial charge >= 0.3 is 0 Å². The first-order valence-electron chi connectivity index (χ1n) is 9.05. The number of benzene rings is 2. The molecule has 0 radical (unpaired) electrons. The lowest BCUT2D eigenvalue weighted by molar-refractivity contribution is -0.0556. The molecule has 0 aliphatic heterocycles. The van der Waals surface area contributed by atoms with Gasteiger partial charge < -0.3 is 19.9 Å². The van der Waals surface area contributed by atoms with Crippen molar-refractivity contribution in [2.45, 2.75) is 25.8 Å². The van der Waals surface area contributed by atoms with Gasteiger partial charge in [-0.15, -0.1) is 0 Å². The normalized spacial score (nSPS) is 12.7. The van der Waals surface area contributed by atoms with Crippen LogP contribution in [-0.2, 0) is 5.92 Å². The lowest BCUT2D eigenvalue weighted by Gasteiger charge is -2.20. The number of aromatic nitrogens is 2. The third-order valence-corrected chi connectivity index (χ3v) is 4.67. The second kappa shape index (κ2) is 8.16. The Morgan fingerprint density at radius 2 is 1.79 bits per heavy atom. The van der Waals surface area contributed by atoms with Crippen LogP contribution >= 0.6 is 0 Å². The van der Waals surface area contributed by atoms with Crippen LogP contribution < -0.4 is 14.8 Å². The number of aryl methyl sites for hydroxylation is 1. The van der Waals surface area contributed by atoms with Gasteiger partial charge in [-0.05, 0) is 31.5 Å². The van der Waals surface area contributed by atoms with Crippen LogP contribution in [0.25, 0.3) is 10.9 Å². The Hall–Kier alpha value is -3.00. The standard InChI is InChI=1S/C21H23F2N3O3/c1-12(14-6-5-7-15(8-14)21(22,23)11-27)24-20-16-9-18(28-3)19(29-4)10-17(16)25-13(2)26-20/h5-10,12,27H,11H2,1-4H3,(H,24,25,26)/t12-/m1/s1. The number of fused-ring (bicyclic) bond motifs is 1. The van der Waals surface area contributed by atoms with E-state index in [4.69, 9.17) is 14.6 Å². The number of anilines is 1.